The van der Waals surface area contributed by atoms with Crippen LogP contribution in [0.3, 0.4) is 0 Å². The lowest BCUT2D eigenvalue weighted by atomic mass is 10.0. The summed E-state index contributed by atoms with van der Waals surface area (Å²) in [5.41, 5.74) is 7.36. The molecule has 0 atom stereocenters. The Labute approximate surface area is 145 Å². The molecule has 1 aromatic carbocycles. The molecule has 124 valence electrons. The smallest absolute Gasteiger partial charge is 0.224 e. The molecule has 2 rings (SSSR count). The van der Waals surface area contributed by atoms with Crippen LogP contribution in [0, 0.1) is 0 Å². The molecular weight excluding hydrogens is 321 g/mol. The zero-order chi connectivity index (χ0) is 14.4. The number of likely N-dealkylation sites (tertiary alicyclic amines) is 1. The normalized spacial score (nSPS) is 15.3. The number of carbonyl (C=O) groups is 1. The Hall–Kier alpha value is -1.23. The maximum Gasteiger partial charge on any atom is 0.224 e. The minimum Gasteiger partial charge on any atom is -0.399 e. The van der Waals surface area contributed by atoms with Crippen molar-refractivity contribution in [3.8, 4) is 0 Å². The van der Waals surface area contributed by atoms with Crippen LogP contribution >= 0.6 is 24.8 Å². The third kappa shape index (κ3) is 6.69. The van der Waals surface area contributed by atoms with E-state index in [1.165, 1.54) is 0 Å². The Kier molecular flexibility index (Phi) is 9.90. The highest BCUT2D eigenvalue weighted by Gasteiger charge is 2.19. The van der Waals surface area contributed by atoms with Crippen molar-refractivity contribution in [1.29, 1.82) is 0 Å². The summed E-state index contributed by atoms with van der Waals surface area (Å²) < 4.78 is 0. The molecule has 22 heavy (non-hydrogen) atoms. The highest BCUT2D eigenvalue weighted by atomic mass is 35.5. The molecule has 1 amide bonds. The molecule has 1 heterocycles. The molecule has 1 aliphatic rings. The fraction of sp³-hybridized carbons (Fsp3) is 0.438. The summed E-state index contributed by atoms with van der Waals surface area (Å²) in [6.45, 7) is 6.74. The molecule has 1 saturated heterocycles. The molecule has 1 fully saturated rings. The third-order valence-corrected chi connectivity index (χ3v) is 3.68. The molecule has 0 spiro atoms. The molecule has 3 N–H and O–H groups in total. The number of nitrogens with two attached hydrogens (primary N) is 1. The number of halogens is 2. The van der Waals surface area contributed by atoms with Gasteiger partial charge in [0.1, 0.15) is 0 Å². The predicted octanol–water partition coefficient (Wildman–Crippen LogP) is 2.42. The first-order valence-corrected chi connectivity index (χ1v) is 7.14. The minimum atomic E-state index is 0. The maximum absolute atomic E-state index is 12.0. The monoisotopic (exact) mass is 345 g/mol. The van der Waals surface area contributed by atoms with Gasteiger partial charge in [-0.3, -0.25) is 9.69 Å². The van der Waals surface area contributed by atoms with E-state index in [4.69, 9.17) is 5.73 Å². The van der Waals surface area contributed by atoms with E-state index < -0.39 is 0 Å². The number of nitrogens with one attached hydrogen (secondary N) is 1. The van der Waals surface area contributed by atoms with E-state index in [0.717, 1.165) is 43.7 Å². The van der Waals surface area contributed by atoms with Crippen molar-refractivity contribution in [2.75, 3.05) is 25.4 Å². The lowest BCUT2D eigenvalue weighted by molar-refractivity contribution is -0.121. The third-order valence-electron chi connectivity index (χ3n) is 3.68. The van der Waals surface area contributed by atoms with E-state index in [2.05, 4.69) is 16.8 Å². The van der Waals surface area contributed by atoms with Gasteiger partial charge in [-0.2, -0.15) is 0 Å². The first-order valence-electron chi connectivity index (χ1n) is 7.14. The van der Waals surface area contributed by atoms with Crippen LogP contribution in [0.5, 0.6) is 0 Å². The SMILES string of the molecule is C=CCN1CCC(NC(=O)Cc2ccc(N)cc2)CC1.Cl.Cl. The van der Waals surface area contributed by atoms with Crippen LogP contribution in [0.4, 0.5) is 5.69 Å². The summed E-state index contributed by atoms with van der Waals surface area (Å²) in [6.07, 6.45) is 4.38. The second-order valence-corrected chi connectivity index (χ2v) is 5.35. The fourth-order valence-electron chi connectivity index (χ4n) is 2.54. The predicted molar refractivity (Wildman–Crippen MR) is 96.9 cm³/mol. The number of nitrogens with zero attached hydrogens (tertiary/aromatic N) is 1. The number of piperidine rings is 1. The number of anilines is 1. The molecule has 1 aliphatic heterocycles. The van der Waals surface area contributed by atoms with E-state index in [9.17, 15) is 4.79 Å². The second-order valence-electron chi connectivity index (χ2n) is 5.35. The Bertz CT molecular complexity index is 457. The van der Waals surface area contributed by atoms with Crippen LogP contribution in [0.15, 0.2) is 36.9 Å². The van der Waals surface area contributed by atoms with Gasteiger partial charge in [-0.05, 0) is 30.5 Å². The van der Waals surface area contributed by atoms with E-state index >= 15 is 0 Å². The molecule has 0 bridgehead atoms. The number of nitrogen functional groups attached to an aromatic ring is 1. The first kappa shape index (κ1) is 20.8. The number of hydrogen-bond acceptors (Lipinski definition) is 3. The average Bonchev–Trinajstić information content (AvgIpc) is 2.44. The van der Waals surface area contributed by atoms with E-state index in [-0.39, 0.29) is 30.7 Å². The van der Waals surface area contributed by atoms with Crippen molar-refractivity contribution in [3.63, 3.8) is 0 Å². The van der Waals surface area contributed by atoms with Gasteiger partial charge in [-0.15, -0.1) is 31.4 Å². The van der Waals surface area contributed by atoms with E-state index in [1.807, 2.05) is 30.3 Å². The van der Waals surface area contributed by atoms with Gasteiger partial charge in [0.15, 0.2) is 0 Å². The number of rotatable bonds is 5. The summed E-state index contributed by atoms with van der Waals surface area (Å²) in [5.74, 6) is 0.0944. The van der Waals surface area contributed by atoms with Crippen LogP contribution in [0.1, 0.15) is 18.4 Å². The van der Waals surface area contributed by atoms with Gasteiger partial charge in [-0.1, -0.05) is 18.2 Å². The van der Waals surface area contributed by atoms with Crippen LogP contribution in [0.25, 0.3) is 0 Å². The Morgan fingerprint density at radius 1 is 1.27 bits per heavy atom. The standard InChI is InChI=1S/C16H23N3O.2ClH/c1-2-9-19-10-7-15(8-11-19)18-16(20)12-13-3-5-14(17)6-4-13;;/h2-6,15H,1,7-12,17H2,(H,18,20);2*1H. The van der Waals surface area contributed by atoms with Gasteiger partial charge in [-0.25, -0.2) is 0 Å². The van der Waals surface area contributed by atoms with Crippen molar-refractivity contribution >= 4 is 36.4 Å². The Morgan fingerprint density at radius 3 is 2.41 bits per heavy atom. The van der Waals surface area contributed by atoms with Crippen LogP contribution in [-0.2, 0) is 11.2 Å². The summed E-state index contributed by atoms with van der Waals surface area (Å²) in [7, 11) is 0. The Morgan fingerprint density at radius 2 is 1.86 bits per heavy atom. The highest BCUT2D eigenvalue weighted by molar-refractivity contribution is 5.85. The summed E-state index contributed by atoms with van der Waals surface area (Å²) in [5, 5.41) is 3.12. The molecule has 4 nitrogen and oxygen atoms in total. The molecule has 1 aromatic rings. The maximum atomic E-state index is 12.0. The van der Waals surface area contributed by atoms with Gasteiger partial charge >= 0.3 is 0 Å². The second kappa shape index (κ2) is 10.5. The molecule has 0 radical (unpaired) electrons. The largest absolute Gasteiger partial charge is 0.399 e. The van der Waals surface area contributed by atoms with Crippen LogP contribution in [-0.4, -0.2) is 36.5 Å². The lowest BCUT2D eigenvalue weighted by Crippen LogP contribution is -2.45. The zero-order valence-corrected chi connectivity index (χ0v) is 14.3. The zero-order valence-electron chi connectivity index (χ0n) is 12.7. The van der Waals surface area contributed by atoms with Gasteiger partial charge in [0, 0.05) is 31.4 Å². The van der Waals surface area contributed by atoms with Gasteiger partial charge in [0.2, 0.25) is 5.91 Å². The van der Waals surface area contributed by atoms with Crippen molar-refractivity contribution < 1.29 is 4.79 Å². The summed E-state index contributed by atoms with van der Waals surface area (Å²) in [6, 6.07) is 7.77. The fourth-order valence-corrected chi connectivity index (χ4v) is 2.54. The highest BCUT2D eigenvalue weighted by Crippen LogP contribution is 2.11. The van der Waals surface area contributed by atoms with Crippen LogP contribution < -0.4 is 11.1 Å². The number of amides is 1. The van der Waals surface area contributed by atoms with Crippen molar-refractivity contribution in [3.05, 3.63) is 42.5 Å². The quantitative estimate of drug-likeness (QED) is 0.636. The molecule has 0 aliphatic carbocycles. The number of carbonyl (C=O) groups excluding carboxylic acids is 1. The van der Waals surface area contributed by atoms with E-state index in [0.29, 0.717) is 12.5 Å². The van der Waals surface area contributed by atoms with Crippen LogP contribution in [0.2, 0.25) is 0 Å². The van der Waals surface area contributed by atoms with Gasteiger partial charge in [0.25, 0.3) is 0 Å². The first-order chi connectivity index (χ1) is 9.67. The summed E-state index contributed by atoms with van der Waals surface area (Å²) in [4.78, 5) is 14.4. The molecule has 0 saturated carbocycles. The molecule has 0 unspecified atom stereocenters. The van der Waals surface area contributed by atoms with Gasteiger partial charge in [0.05, 0.1) is 6.42 Å². The number of benzene rings is 1. The Balaban J connectivity index is 0.00000220. The molecule has 0 aromatic heterocycles. The molecular formula is C16H25Cl2N3O. The van der Waals surface area contributed by atoms with Crippen molar-refractivity contribution in [2.24, 2.45) is 0 Å². The minimum absolute atomic E-state index is 0. The summed E-state index contributed by atoms with van der Waals surface area (Å²) >= 11 is 0. The van der Waals surface area contributed by atoms with Gasteiger partial charge < -0.3 is 11.1 Å². The number of hydrogen-bond donors (Lipinski definition) is 2. The average molecular weight is 346 g/mol. The van der Waals surface area contributed by atoms with Crippen molar-refractivity contribution in [1.82, 2.24) is 10.2 Å². The lowest BCUT2D eigenvalue weighted by Gasteiger charge is -2.31. The van der Waals surface area contributed by atoms with Crippen molar-refractivity contribution in [2.45, 2.75) is 25.3 Å². The van der Waals surface area contributed by atoms with E-state index in [1.54, 1.807) is 0 Å². The topological polar surface area (TPSA) is 58.4 Å². The molecule has 6 heteroatoms.